The number of aromatic nitrogens is 3. The monoisotopic (exact) mass is 443 g/mol. The molecule has 0 radical (unpaired) electrons. The Kier molecular flexibility index (Phi) is 6.30. The molecule has 0 N–H and O–H groups in total. The quantitative estimate of drug-likeness (QED) is 0.516. The third-order valence-electron chi connectivity index (χ3n) is 5.23. The molecule has 1 aromatic carbocycles. The van der Waals surface area contributed by atoms with E-state index in [-0.39, 0.29) is 6.10 Å². The van der Waals surface area contributed by atoms with Gasteiger partial charge in [-0.05, 0) is 58.0 Å². The summed E-state index contributed by atoms with van der Waals surface area (Å²) in [7, 11) is 0. The van der Waals surface area contributed by atoms with Crippen molar-refractivity contribution in [1.82, 2.24) is 14.5 Å². The Labute approximate surface area is 187 Å². The lowest BCUT2D eigenvalue weighted by Gasteiger charge is -2.15. The minimum atomic E-state index is -0.540. The lowest BCUT2D eigenvalue weighted by Crippen LogP contribution is -2.21. The average Bonchev–Trinajstić information content (AvgIpc) is 2.92. The van der Waals surface area contributed by atoms with Crippen LogP contribution in [0.2, 0.25) is 5.02 Å². The van der Waals surface area contributed by atoms with Gasteiger partial charge in [-0.2, -0.15) is 0 Å². The summed E-state index contributed by atoms with van der Waals surface area (Å²) >= 11 is 6.51. The molecular weight excluding hydrogens is 417 g/mol. The van der Waals surface area contributed by atoms with Crippen LogP contribution < -0.4 is 4.74 Å². The van der Waals surface area contributed by atoms with Gasteiger partial charge >= 0.3 is 0 Å². The summed E-state index contributed by atoms with van der Waals surface area (Å²) in [5, 5.41) is 0.521. The fourth-order valence-electron chi connectivity index (χ4n) is 4.02. The molecule has 0 saturated heterocycles. The first kappa shape index (κ1) is 21.8. The maximum Gasteiger partial charge on any atom is 0.141 e. The number of pyridine rings is 1. The van der Waals surface area contributed by atoms with Crippen molar-refractivity contribution >= 4 is 11.6 Å². The van der Waals surface area contributed by atoms with E-state index in [2.05, 4.69) is 9.55 Å². The maximum atomic E-state index is 13.6. The molecule has 5 nitrogen and oxygen atoms in total. The van der Waals surface area contributed by atoms with Crippen molar-refractivity contribution in [2.45, 2.75) is 52.9 Å². The smallest absolute Gasteiger partial charge is 0.141 e. The van der Waals surface area contributed by atoms with Crippen molar-refractivity contribution in [3.63, 3.8) is 0 Å². The first-order valence-electron chi connectivity index (χ1n) is 10.5. The highest BCUT2D eigenvalue weighted by Crippen LogP contribution is 2.35. The van der Waals surface area contributed by atoms with Gasteiger partial charge in [-0.3, -0.25) is 4.98 Å². The Balaban J connectivity index is 1.86. The SMILES string of the molecule is Cc1cc(-c2nc(-c3ccc(OC(C)C)c(Cl)c3)n3c2CCO[C@@H](CF)C3)cc(C)n1. The molecule has 3 aromatic rings. The van der Waals surface area contributed by atoms with Gasteiger partial charge < -0.3 is 14.0 Å². The Morgan fingerprint density at radius 3 is 2.55 bits per heavy atom. The zero-order valence-electron chi connectivity index (χ0n) is 18.3. The van der Waals surface area contributed by atoms with E-state index in [1.807, 2.05) is 58.0 Å². The minimum absolute atomic E-state index is 0.0262. The van der Waals surface area contributed by atoms with Crippen LogP contribution in [0.15, 0.2) is 30.3 Å². The minimum Gasteiger partial charge on any atom is -0.489 e. The van der Waals surface area contributed by atoms with Crippen LogP contribution in [-0.4, -0.2) is 40.0 Å². The van der Waals surface area contributed by atoms with Crippen molar-refractivity contribution < 1.29 is 13.9 Å². The van der Waals surface area contributed by atoms with Crippen LogP contribution in [0.3, 0.4) is 0 Å². The topological polar surface area (TPSA) is 49.2 Å². The normalized spacial score (nSPS) is 16.3. The highest BCUT2D eigenvalue weighted by Gasteiger charge is 2.26. The van der Waals surface area contributed by atoms with Crippen molar-refractivity contribution in [1.29, 1.82) is 0 Å². The van der Waals surface area contributed by atoms with Crippen LogP contribution in [0.5, 0.6) is 5.75 Å². The second-order valence-corrected chi connectivity index (χ2v) is 8.60. The number of nitrogens with zero attached hydrogens (tertiary/aromatic N) is 3. The number of halogens is 2. The van der Waals surface area contributed by atoms with Crippen LogP contribution in [0.1, 0.15) is 30.9 Å². The maximum absolute atomic E-state index is 13.6. The lowest BCUT2D eigenvalue weighted by atomic mass is 10.1. The van der Waals surface area contributed by atoms with Gasteiger partial charge in [0.25, 0.3) is 0 Å². The summed E-state index contributed by atoms with van der Waals surface area (Å²) in [6.45, 7) is 8.18. The molecule has 1 aliphatic rings. The summed E-state index contributed by atoms with van der Waals surface area (Å²) < 4.78 is 27.1. The van der Waals surface area contributed by atoms with Gasteiger partial charge in [0.2, 0.25) is 0 Å². The molecule has 0 unspecified atom stereocenters. The van der Waals surface area contributed by atoms with Gasteiger partial charge in [-0.15, -0.1) is 0 Å². The van der Waals surface area contributed by atoms with Crippen LogP contribution in [0.25, 0.3) is 22.6 Å². The highest BCUT2D eigenvalue weighted by atomic mass is 35.5. The van der Waals surface area contributed by atoms with Crippen molar-refractivity contribution in [3.8, 4) is 28.4 Å². The number of hydrogen-bond acceptors (Lipinski definition) is 4. The predicted octanol–water partition coefficient (Wildman–Crippen LogP) is 5.58. The molecule has 0 saturated carbocycles. The third kappa shape index (κ3) is 4.60. The number of aryl methyl sites for hydroxylation is 2. The molecule has 4 rings (SSSR count). The van der Waals surface area contributed by atoms with E-state index in [0.29, 0.717) is 30.3 Å². The fraction of sp³-hybridized carbons (Fsp3) is 0.417. The van der Waals surface area contributed by atoms with Crippen molar-refractivity contribution in [2.24, 2.45) is 0 Å². The second-order valence-electron chi connectivity index (χ2n) is 8.19. The van der Waals surface area contributed by atoms with Crippen LogP contribution in [-0.2, 0) is 17.7 Å². The van der Waals surface area contributed by atoms with Gasteiger partial charge in [0.1, 0.15) is 24.4 Å². The molecule has 7 heteroatoms. The summed E-state index contributed by atoms with van der Waals surface area (Å²) in [4.78, 5) is 9.50. The van der Waals surface area contributed by atoms with E-state index < -0.39 is 12.8 Å². The number of imidazole rings is 1. The Morgan fingerprint density at radius 1 is 1.16 bits per heavy atom. The van der Waals surface area contributed by atoms with Gasteiger partial charge in [0.15, 0.2) is 0 Å². The molecule has 0 fully saturated rings. The van der Waals surface area contributed by atoms with Crippen LogP contribution in [0, 0.1) is 13.8 Å². The van der Waals surface area contributed by atoms with Crippen molar-refractivity contribution in [3.05, 3.63) is 52.4 Å². The molecule has 1 atom stereocenters. The van der Waals surface area contributed by atoms with E-state index in [1.54, 1.807) is 0 Å². The number of rotatable bonds is 5. The molecule has 2 aromatic heterocycles. The second kappa shape index (κ2) is 8.97. The van der Waals surface area contributed by atoms with Gasteiger partial charge in [-0.25, -0.2) is 9.37 Å². The van der Waals surface area contributed by atoms with E-state index in [0.717, 1.165) is 39.7 Å². The van der Waals surface area contributed by atoms with E-state index in [4.69, 9.17) is 26.1 Å². The first-order valence-corrected chi connectivity index (χ1v) is 10.9. The van der Waals surface area contributed by atoms with Gasteiger partial charge in [0.05, 0.1) is 30.0 Å². The van der Waals surface area contributed by atoms with E-state index in [9.17, 15) is 4.39 Å². The first-order chi connectivity index (χ1) is 14.9. The van der Waals surface area contributed by atoms with E-state index in [1.165, 1.54) is 0 Å². The number of hydrogen-bond donors (Lipinski definition) is 0. The summed E-state index contributed by atoms with van der Waals surface area (Å²) in [5.74, 6) is 1.38. The largest absolute Gasteiger partial charge is 0.489 e. The predicted molar refractivity (Wildman–Crippen MR) is 121 cm³/mol. The molecule has 0 amide bonds. The Bertz CT molecular complexity index is 1080. The van der Waals surface area contributed by atoms with Crippen LogP contribution in [0.4, 0.5) is 4.39 Å². The summed E-state index contributed by atoms with van der Waals surface area (Å²) in [6, 6.07) is 9.73. The molecular formula is C24H27ClFN3O2. The third-order valence-corrected chi connectivity index (χ3v) is 5.53. The zero-order valence-corrected chi connectivity index (χ0v) is 19.0. The molecule has 3 heterocycles. The molecule has 0 aliphatic carbocycles. The summed E-state index contributed by atoms with van der Waals surface area (Å²) in [5.41, 5.74) is 5.64. The molecule has 31 heavy (non-hydrogen) atoms. The summed E-state index contributed by atoms with van der Waals surface area (Å²) in [6.07, 6.45) is 0.182. The Morgan fingerprint density at radius 2 is 1.90 bits per heavy atom. The molecule has 0 spiro atoms. The Hall–Kier alpha value is -2.44. The molecule has 1 aliphatic heterocycles. The zero-order chi connectivity index (χ0) is 22.1. The number of alkyl halides is 1. The number of fused-ring (bicyclic) bond motifs is 1. The van der Waals surface area contributed by atoms with Gasteiger partial charge in [-0.1, -0.05) is 11.6 Å². The molecule has 0 bridgehead atoms. The van der Waals surface area contributed by atoms with Crippen LogP contribution >= 0.6 is 11.6 Å². The van der Waals surface area contributed by atoms with Crippen molar-refractivity contribution in [2.75, 3.05) is 13.3 Å². The lowest BCUT2D eigenvalue weighted by molar-refractivity contribution is 0.0355. The number of ether oxygens (including phenoxy) is 2. The number of benzene rings is 1. The standard InChI is InChI=1S/C24H27ClFN3O2/c1-14(2)31-22-6-5-17(11-20(22)25)24-28-23(18-9-15(3)27-16(4)10-18)21-7-8-30-19(12-26)13-29(21)24/h5-6,9-11,14,19H,7-8,12-13H2,1-4H3/t19-/m0/s1. The molecule has 164 valence electrons. The average molecular weight is 444 g/mol. The van der Waals surface area contributed by atoms with Gasteiger partial charge in [0, 0.05) is 34.6 Å². The van der Waals surface area contributed by atoms with E-state index >= 15 is 0 Å². The fourth-order valence-corrected chi connectivity index (χ4v) is 4.25. The highest BCUT2D eigenvalue weighted by molar-refractivity contribution is 6.32.